The summed E-state index contributed by atoms with van der Waals surface area (Å²) < 4.78 is 5.77. The predicted octanol–water partition coefficient (Wildman–Crippen LogP) is 3.03. The summed E-state index contributed by atoms with van der Waals surface area (Å²) in [6, 6.07) is 2.16. The molecule has 0 spiro atoms. The number of nitrogens with two attached hydrogens (primary N) is 1. The Balaban J connectivity index is 0.00000127. The zero-order valence-corrected chi connectivity index (χ0v) is 14.0. The fraction of sp³-hybridized carbons (Fsp3) is 0.412. The molecule has 0 aliphatic carbocycles. The molecule has 0 unspecified atom stereocenters. The highest BCUT2D eigenvalue weighted by molar-refractivity contribution is 5.44. The molecule has 2 heterocycles. The number of anilines is 2. The molecule has 126 valence electrons. The Morgan fingerprint density at radius 2 is 2.30 bits per heavy atom. The number of hydrogen-bond donors (Lipinski definition) is 2. The monoisotopic (exact) mass is 317 g/mol. The number of nitrogen functional groups attached to an aromatic ring is 1. The lowest BCUT2D eigenvalue weighted by Crippen LogP contribution is -2.33. The molecule has 1 aromatic heterocycles. The summed E-state index contributed by atoms with van der Waals surface area (Å²) >= 11 is 0. The van der Waals surface area contributed by atoms with Crippen LogP contribution in [0.15, 0.2) is 49.4 Å². The molecule has 6 heteroatoms. The summed E-state index contributed by atoms with van der Waals surface area (Å²) in [5, 5.41) is 0. The maximum atomic E-state index is 5.77. The lowest BCUT2D eigenvalue weighted by atomic mass is 10.2. The van der Waals surface area contributed by atoms with Crippen LogP contribution in [0.4, 0.5) is 11.8 Å². The molecule has 3 N–H and O–H groups in total. The molecule has 1 aromatic rings. The van der Waals surface area contributed by atoms with Gasteiger partial charge >= 0.3 is 0 Å². The van der Waals surface area contributed by atoms with E-state index in [1.165, 1.54) is 0 Å². The SMILES string of the molecule is C=C/C=C(\C=C)OC[C@H]1CCCN1c1ccnc(NN)n1.CC. The first kappa shape index (κ1) is 18.7. The fourth-order valence-electron chi connectivity index (χ4n) is 2.37. The van der Waals surface area contributed by atoms with E-state index in [4.69, 9.17) is 10.6 Å². The second kappa shape index (κ2) is 10.4. The Morgan fingerprint density at radius 3 is 2.96 bits per heavy atom. The summed E-state index contributed by atoms with van der Waals surface area (Å²) in [6.45, 7) is 12.9. The van der Waals surface area contributed by atoms with Crippen LogP contribution in [0.5, 0.6) is 0 Å². The molecule has 0 amide bonds. The van der Waals surface area contributed by atoms with Gasteiger partial charge in [-0.15, -0.1) is 0 Å². The average molecular weight is 317 g/mol. The minimum absolute atomic E-state index is 0.277. The van der Waals surface area contributed by atoms with E-state index in [1.54, 1.807) is 24.4 Å². The molecule has 6 nitrogen and oxygen atoms in total. The van der Waals surface area contributed by atoms with Gasteiger partial charge in [0.15, 0.2) is 0 Å². The first-order chi connectivity index (χ1) is 11.3. The van der Waals surface area contributed by atoms with Gasteiger partial charge in [0.2, 0.25) is 5.95 Å². The van der Waals surface area contributed by atoms with Crippen molar-refractivity contribution in [2.45, 2.75) is 32.7 Å². The van der Waals surface area contributed by atoms with Crippen LogP contribution >= 0.6 is 0 Å². The molecule has 1 saturated heterocycles. The summed E-state index contributed by atoms with van der Waals surface area (Å²) in [7, 11) is 0. The minimum atomic E-state index is 0.277. The van der Waals surface area contributed by atoms with Gasteiger partial charge in [0, 0.05) is 12.7 Å². The van der Waals surface area contributed by atoms with Crippen molar-refractivity contribution >= 4 is 11.8 Å². The molecule has 1 aliphatic rings. The van der Waals surface area contributed by atoms with Gasteiger partial charge in [-0.25, -0.2) is 10.8 Å². The number of hydrazine groups is 1. The van der Waals surface area contributed by atoms with E-state index in [2.05, 4.69) is 33.5 Å². The molecule has 0 bridgehead atoms. The topological polar surface area (TPSA) is 76.3 Å². The summed E-state index contributed by atoms with van der Waals surface area (Å²) in [6.07, 6.45) is 9.04. The zero-order chi connectivity index (χ0) is 17.1. The summed E-state index contributed by atoms with van der Waals surface area (Å²) in [5.41, 5.74) is 2.47. The smallest absolute Gasteiger partial charge is 0.239 e. The number of hydrogen-bond acceptors (Lipinski definition) is 6. The molecule has 2 rings (SSSR count). The third-order valence-corrected chi connectivity index (χ3v) is 3.37. The predicted molar refractivity (Wildman–Crippen MR) is 96.0 cm³/mol. The lowest BCUT2D eigenvalue weighted by Gasteiger charge is -2.26. The van der Waals surface area contributed by atoms with Crippen molar-refractivity contribution in [3.05, 3.63) is 49.4 Å². The lowest BCUT2D eigenvalue weighted by molar-refractivity contribution is 0.204. The Bertz CT molecular complexity index is 529. The van der Waals surface area contributed by atoms with Gasteiger partial charge in [-0.3, -0.25) is 5.43 Å². The number of nitrogens with one attached hydrogen (secondary N) is 1. The number of ether oxygens (including phenoxy) is 1. The van der Waals surface area contributed by atoms with Crippen LogP contribution in [-0.4, -0.2) is 29.2 Å². The van der Waals surface area contributed by atoms with Crippen molar-refractivity contribution in [1.82, 2.24) is 9.97 Å². The van der Waals surface area contributed by atoms with E-state index in [-0.39, 0.29) is 6.04 Å². The second-order valence-corrected chi connectivity index (χ2v) is 4.69. The van der Waals surface area contributed by atoms with E-state index >= 15 is 0 Å². The summed E-state index contributed by atoms with van der Waals surface area (Å²) in [5.74, 6) is 7.35. The summed E-state index contributed by atoms with van der Waals surface area (Å²) in [4.78, 5) is 10.6. The molecule has 23 heavy (non-hydrogen) atoms. The normalized spacial score (nSPS) is 17.1. The third-order valence-electron chi connectivity index (χ3n) is 3.37. The standard InChI is InChI=1S/C15H21N5O.C2H6/c1-3-6-13(4-2)21-11-12-7-5-10-20(12)14-8-9-17-15(18-14)19-16;1-2/h3-4,6,8-9,12H,1-2,5,7,10-11,16H2,(H,17,18,19);1-2H3/b13-6+;/t12-;/m1./s1. The maximum Gasteiger partial charge on any atom is 0.239 e. The molecule has 1 atom stereocenters. The first-order valence-electron chi connectivity index (χ1n) is 7.92. The highest BCUT2D eigenvalue weighted by atomic mass is 16.5. The molecule has 0 radical (unpaired) electrons. The van der Waals surface area contributed by atoms with Crippen LogP contribution in [0.25, 0.3) is 0 Å². The third kappa shape index (κ3) is 5.41. The Hall–Kier alpha value is -2.34. The van der Waals surface area contributed by atoms with Gasteiger partial charge in [0.1, 0.15) is 18.2 Å². The van der Waals surface area contributed by atoms with Crippen LogP contribution in [0.1, 0.15) is 26.7 Å². The van der Waals surface area contributed by atoms with Crippen LogP contribution < -0.4 is 16.2 Å². The van der Waals surface area contributed by atoms with Crippen LogP contribution in [0.2, 0.25) is 0 Å². The molecular weight excluding hydrogens is 290 g/mol. The van der Waals surface area contributed by atoms with Gasteiger partial charge in [-0.05, 0) is 31.1 Å². The fourth-order valence-corrected chi connectivity index (χ4v) is 2.37. The van der Waals surface area contributed by atoms with Crippen molar-refractivity contribution in [3.63, 3.8) is 0 Å². The van der Waals surface area contributed by atoms with Gasteiger partial charge in [0.25, 0.3) is 0 Å². The van der Waals surface area contributed by atoms with Crippen LogP contribution in [0, 0.1) is 0 Å². The molecule has 0 aromatic carbocycles. The first-order valence-corrected chi connectivity index (χ1v) is 7.92. The van der Waals surface area contributed by atoms with E-state index in [9.17, 15) is 0 Å². The Kier molecular flexibility index (Phi) is 8.46. The number of aromatic nitrogens is 2. The molecule has 1 aliphatic heterocycles. The largest absolute Gasteiger partial charge is 0.491 e. The van der Waals surface area contributed by atoms with Gasteiger partial charge in [0.05, 0.1) is 6.04 Å². The minimum Gasteiger partial charge on any atom is -0.491 e. The van der Waals surface area contributed by atoms with Crippen LogP contribution in [0.3, 0.4) is 0 Å². The van der Waals surface area contributed by atoms with Gasteiger partial charge < -0.3 is 9.64 Å². The quantitative estimate of drug-likeness (QED) is 0.348. The number of allylic oxidation sites excluding steroid dienone is 3. The highest BCUT2D eigenvalue weighted by Crippen LogP contribution is 2.24. The number of rotatable bonds is 7. The average Bonchev–Trinajstić information content (AvgIpc) is 3.09. The second-order valence-electron chi connectivity index (χ2n) is 4.69. The van der Waals surface area contributed by atoms with Crippen molar-refractivity contribution in [2.24, 2.45) is 5.84 Å². The van der Waals surface area contributed by atoms with Gasteiger partial charge in [-0.2, -0.15) is 4.98 Å². The van der Waals surface area contributed by atoms with E-state index in [0.717, 1.165) is 31.0 Å². The van der Waals surface area contributed by atoms with Crippen molar-refractivity contribution in [3.8, 4) is 0 Å². The van der Waals surface area contributed by atoms with E-state index < -0.39 is 0 Å². The Labute approximate surface area is 138 Å². The molecule has 1 fully saturated rings. The van der Waals surface area contributed by atoms with Crippen molar-refractivity contribution in [1.29, 1.82) is 0 Å². The van der Waals surface area contributed by atoms with Crippen molar-refractivity contribution < 1.29 is 4.74 Å². The Morgan fingerprint density at radius 1 is 1.52 bits per heavy atom. The number of nitrogens with zero attached hydrogens (tertiary/aromatic N) is 3. The zero-order valence-electron chi connectivity index (χ0n) is 14.0. The maximum absolute atomic E-state index is 5.77. The van der Waals surface area contributed by atoms with Crippen LogP contribution in [-0.2, 0) is 4.74 Å². The highest BCUT2D eigenvalue weighted by Gasteiger charge is 2.26. The van der Waals surface area contributed by atoms with E-state index in [1.807, 2.05) is 19.9 Å². The molecule has 0 saturated carbocycles. The molecular formula is C17H27N5O. The van der Waals surface area contributed by atoms with Gasteiger partial charge in [-0.1, -0.05) is 33.1 Å². The van der Waals surface area contributed by atoms with Crippen molar-refractivity contribution in [2.75, 3.05) is 23.5 Å². The van der Waals surface area contributed by atoms with E-state index in [0.29, 0.717) is 12.6 Å².